The van der Waals surface area contributed by atoms with E-state index in [4.69, 9.17) is 11.6 Å². The molecule has 0 radical (unpaired) electrons. The fourth-order valence-corrected chi connectivity index (χ4v) is 4.61. The Labute approximate surface area is 163 Å². The molecule has 2 aromatic rings. The summed E-state index contributed by atoms with van der Waals surface area (Å²) in [7, 11) is -3.57. The number of carbonyl (C=O) groups excluding carboxylic acids is 1. The molecule has 1 aliphatic heterocycles. The van der Waals surface area contributed by atoms with Gasteiger partial charge in [0.05, 0.1) is 10.6 Å². The molecule has 0 unspecified atom stereocenters. The summed E-state index contributed by atoms with van der Waals surface area (Å²) in [5.41, 5.74) is 4.07. The van der Waals surface area contributed by atoms with Gasteiger partial charge in [0.25, 0.3) is 5.91 Å². The summed E-state index contributed by atoms with van der Waals surface area (Å²) in [5, 5.41) is 4.66. The second-order valence-corrected chi connectivity index (χ2v) is 8.66. The summed E-state index contributed by atoms with van der Waals surface area (Å²) in [6.45, 7) is 2.78. The van der Waals surface area contributed by atoms with Gasteiger partial charge < -0.3 is 0 Å². The number of carbonyl (C=O) groups is 1. The smallest absolute Gasteiger partial charge is 0.267 e. The third-order valence-corrected chi connectivity index (χ3v) is 6.50. The largest absolute Gasteiger partial charge is 0.271 e. The zero-order chi connectivity index (χ0) is 19.4. The zero-order valence-corrected chi connectivity index (χ0v) is 16.4. The van der Waals surface area contributed by atoms with Gasteiger partial charge in [0.15, 0.2) is 0 Å². The Kier molecular flexibility index (Phi) is 5.94. The molecule has 142 valence electrons. The van der Waals surface area contributed by atoms with Crippen LogP contribution in [0.1, 0.15) is 35.7 Å². The first-order valence-electron chi connectivity index (χ1n) is 8.59. The second-order valence-electron chi connectivity index (χ2n) is 6.29. The normalized spacial score (nSPS) is 15.7. The van der Waals surface area contributed by atoms with E-state index in [2.05, 4.69) is 10.5 Å². The Hall–Kier alpha value is -2.22. The highest BCUT2D eigenvalue weighted by Gasteiger charge is 2.27. The van der Waals surface area contributed by atoms with E-state index in [0.717, 1.165) is 18.4 Å². The van der Waals surface area contributed by atoms with Crippen LogP contribution in [0, 0.1) is 0 Å². The molecule has 2 aromatic carbocycles. The first-order valence-corrected chi connectivity index (χ1v) is 10.4. The van der Waals surface area contributed by atoms with Crippen molar-refractivity contribution >= 4 is 33.2 Å². The van der Waals surface area contributed by atoms with Crippen LogP contribution in [-0.2, 0) is 10.0 Å². The van der Waals surface area contributed by atoms with Crippen LogP contribution in [0.2, 0.25) is 5.02 Å². The van der Waals surface area contributed by atoms with Crippen LogP contribution in [0.5, 0.6) is 0 Å². The van der Waals surface area contributed by atoms with Crippen LogP contribution < -0.4 is 5.43 Å². The number of hydrogen-bond donors (Lipinski definition) is 1. The van der Waals surface area contributed by atoms with Crippen molar-refractivity contribution in [2.75, 3.05) is 13.1 Å². The Balaban J connectivity index is 1.77. The molecule has 0 bridgehead atoms. The monoisotopic (exact) mass is 405 g/mol. The van der Waals surface area contributed by atoms with E-state index in [-0.39, 0.29) is 10.5 Å². The SMILES string of the molecule is C/C(=N/NC(=O)c1cccc(S(=O)(=O)N2CCCC2)c1)c1cccc(Cl)c1. The molecule has 1 amide bonds. The Morgan fingerprint density at radius 3 is 2.44 bits per heavy atom. The van der Waals surface area contributed by atoms with Crippen molar-refractivity contribution in [1.82, 2.24) is 9.73 Å². The van der Waals surface area contributed by atoms with Crippen molar-refractivity contribution in [3.05, 3.63) is 64.7 Å². The van der Waals surface area contributed by atoms with Crippen LogP contribution in [0.15, 0.2) is 58.5 Å². The molecule has 27 heavy (non-hydrogen) atoms. The average molecular weight is 406 g/mol. The predicted molar refractivity (Wildman–Crippen MR) is 106 cm³/mol. The summed E-state index contributed by atoms with van der Waals surface area (Å²) in [6.07, 6.45) is 1.72. The van der Waals surface area contributed by atoms with Crippen LogP contribution in [0.25, 0.3) is 0 Å². The van der Waals surface area contributed by atoms with Crippen LogP contribution in [0.3, 0.4) is 0 Å². The van der Waals surface area contributed by atoms with Crippen molar-refractivity contribution in [2.24, 2.45) is 5.10 Å². The molecule has 1 heterocycles. The minimum absolute atomic E-state index is 0.118. The molecule has 8 heteroatoms. The number of sulfonamides is 1. The Morgan fingerprint density at radius 2 is 1.74 bits per heavy atom. The molecule has 3 rings (SSSR count). The molecule has 0 aromatic heterocycles. The molecule has 6 nitrogen and oxygen atoms in total. The van der Waals surface area contributed by atoms with Gasteiger partial charge in [-0.1, -0.05) is 29.8 Å². The van der Waals surface area contributed by atoms with Crippen molar-refractivity contribution in [2.45, 2.75) is 24.7 Å². The summed E-state index contributed by atoms with van der Waals surface area (Å²) in [5.74, 6) is -0.477. The van der Waals surface area contributed by atoms with Gasteiger partial charge in [-0.15, -0.1) is 0 Å². The van der Waals surface area contributed by atoms with Gasteiger partial charge in [-0.2, -0.15) is 9.41 Å². The molecule has 0 atom stereocenters. The summed E-state index contributed by atoms with van der Waals surface area (Å²) in [6, 6.07) is 13.1. The topological polar surface area (TPSA) is 78.8 Å². The quantitative estimate of drug-likeness (QED) is 0.612. The third-order valence-electron chi connectivity index (χ3n) is 4.37. The summed E-state index contributed by atoms with van der Waals surface area (Å²) >= 11 is 5.96. The van der Waals surface area contributed by atoms with Gasteiger partial charge in [0.2, 0.25) is 10.0 Å². The van der Waals surface area contributed by atoms with Crippen LogP contribution in [-0.4, -0.2) is 37.4 Å². The number of nitrogens with one attached hydrogen (secondary N) is 1. The van der Waals surface area contributed by atoms with E-state index >= 15 is 0 Å². The molecular weight excluding hydrogens is 386 g/mol. The fraction of sp³-hybridized carbons (Fsp3) is 0.263. The standard InChI is InChI=1S/C19H20ClN3O3S/c1-14(15-6-4-8-17(20)12-15)21-22-19(24)16-7-5-9-18(13-16)27(25,26)23-10-2-3-11-23/h4-9,12-13H,2-3,10-11H2,1H3,(H,22,24)/b21-14-. The van der Waals surface area contributed by atoms with Crippen molar-refractivity contribution < 1.29 is 13.2 Å². The summed E-state index contributed by atoms with van der Waals surface area (Å²) in [4.78, 5) is 12.5. The van der Waals surface area contributed by atoms with Gasteiger partial charge in [0.1, 0.15) is 0 Å². The molecular formula is C19H20ClN3O3S. The van der Waals surface area contributed by atoms with Gasteiger partial charge in [-0.25, -0.2) is 13.8 Å². The lowest BCUT2D eigenvalue weighted by molar-refractivity contribution is 0.0954. The first-order chi connectivity index (χ1) is 12.9. The number of rotatable bonds is 5. The van der Waals surface area contributed by atoms with E-state index in [1.165, 1.54) is 16.4 Å². The van der Waals surface area contributed by atoms with Crippen LogP contribution >= 0.6 is 11.6 Å². The van der Waals surface area contributed by atoms with Crippen molar-refractivity contribution in [3.8, 4) is 0 Å². The summed E-state index contributed by atoms with van der Waals surface area (Å²) < 4.78 is 26.7. The molecule has 1 N–H and O–H groups in total. The van der Waals surface area contributed by atoms with Gasteiger partial charge in [-0.05, 0) is 55.7 Å². The molecule has 1 aliphatic rings. The van der Waals surface area contributed by atoms with E-state index in [1.807, 2.05) is 6.07 Å². The molecule has 1 fully saturated rings. The lowest BCUT2D eigenvalue weighted by Crippen LogP contribution is -2.28. The maximum absolute atomic E-state index is 12.6. The van der Waals surface area contributed by atoms with Crippen molar-refractivity contribution in [3.63, 3.8) is 0 Å². The Bertz CT molecular complexity index is 983. The predicted octanol–water partition coefficient (Wildman–Crippen LogP) is 3.28. The van der Waals surface area contributed by atoms with Gasteiger partial charge >= 0.3 is 0 Å². The highest BCUT2D eigenvalue weighted by molar-refractivity contribution is 7.89. The minimum Gasteiger partial charge on any atom is -0.267 e. The van der Waals surface area contributed by atoms with Gasteiger partial charge in [-0.3, -0.25) is 4.79 Å². The number of amides is 1. The molecule has 0 saturated carbocycles. The fourth-order valence-electron chi connectivity index (χ4n) is 2.85. The van der Waals surface area contributed by atoms with E-state index in [9.17, 15) is 13.2 Å². The zero-order valence-electron chi connectivity index (χ0n) is 14.9. The van der Waals surface area contributed by atoms with E-state index in [0.29, 0.717) is 23.8 Å². The average Bonchev–Trinajstić information content (AvgIpc) is 3.21. The van der Waals surface area contributed by atoms with Gasteiger partial charge in [0, 0.05) is 23.7 Å². The van der Waals surface area contributed by atoms with E-state index in [1.54, 1.807) is 37.3 Å². The maximum atomic E-state index is 12.6. The maximum Gasteiger partial charge on any atom is 0.271 e. The number of benzene rings is 2. The van der Waals surface area contributed by atoms with E-state index < -0.39 is 15.9 Å². The molecule has 0 aliphatic carbocycles. The Morgan fingerprint density at radius 1 is 1.07 bits per heavy atom. The highest BCUT2D eigenvalue weighted by Crippen LogP contribution is 2.21. The lowest BCUT2D eigenvalue weighted by atomic mass is 10.1. The third kappa shape index (κ3) is 4.55. The number of halogens is 1. The minimum atomic E-state index is -3.57. The number of nitrogens with zero attached hydrogens (tertiary/aromatic N) is 2. The molecule has 1 saturated heterocycles. The van der Waals surface area contributed by atoms with Crippen LogP contribution in [0.4, 0.5) is 0 Å². The molecule has 0 spiro atoms. The highest BCUT2D eigenvalue weighted by atomic mass is 35.5. The van der Waals surface area contributed by atoms with Crippen molar-refractivity contribution in [1.29, 1.82) is 0 Å². The lowest BCUT2D eigenvalue weighted by Gasteiger charge is -2.15. The first kappa shape index (κ1) is 19.5. The number of hydrogen-bond acceptors (Lipinski definition) is 4. The second kappa shape index (κ2) is 8.21. The number of hydrazone groups is 1.